The number of aromatic hydroxyl groups is 2. The summed E-state index contributed by atoms with van der Waals surface area (Å²) in [6.45, 7) is 0. The minimum absolute atomic E-state index is 0.0295. The topological polar surface area (TPSA) is 215 Å². The number of carbonyl (C=O) groups excluding carboxylic acids is 2. The molecule has 4 N–H and O–H groups in total. The fourth-order valence-electron chi connectivity index (χ4n) is 9.31. The van der Waals surface area contributed by atoms with E-state index in [2.05, 4.69) is 41.0 Å². The largest absolute Gasteiger partial charge is 0.507 e. The summed E-state index contributed by atoms with van der Waals surface area (Å²) in [5, 5.41) is 45.7. The van der Waals surface area contributed by atoms with Gasteiger partial charge in [-0.2, -0.15) is 0 Å². The van der Waals surface area contributed by atoms with Gasteiger partial charge in [0.2, 0.25) is 11.9 Å². The van der Waals surface area contributed by atoms with Crippen molar-refractivity contribution >= 4 is 45.6 Å². The van der Waals surface area contributed by atoms with Crippen LogP contribution in [0.2, 0.25) is 0 Å². The summed E-state index contributed by atoms with van der Waals surface area (Å²) >= 11 is 0. The highest BCUT2D eigenvalue weighted by atomic mass is 19.1. The molecular formula is C44H50F2N12O6. The van der Waals surface area contributed by atoms with Crippen LogP contribution in [0, 0.1) is 0 Å². The molecule has 4 saturated heterocycles. The van der Waals surface area contributed by atoms with E-state index >= 15 is 0 Å². The lowest BCUT2D eigenvalue weighted by Gasteiger charge is -2.38. The maximum atomic E-state index is 14.9. The first-order chi connectivity index (χ1) is 30.6. The number of amides is 2. The van der Waals surface area contributed by atoms with Crippen LogP contribution in [0.5, 0.6) is 11.5 Å². The molecule has 4 aromatic heterocycles. The predicted octanol–water partition coefficient (Wildman–Crippen LogP) is 4.72. The molecule has 0 saturated carbocycles. The number of halogens is 2. The van der Waals surface area contributed by atoms with E-state index in [-0.39, 0.29) is 59.0 Å². The van der Waals surface area contributed by atoms with Crippen LogP contribution in [0.3, 0.4) is 0 Å². The molecule has 2 amide bonds. The molecule has 18 nitrogen and oxygen atoms in total. The minimum atomic E-state index is -0.994. The van der Waals surface area contributed by atoms with Gasteiger partial charge >= 0.3 is 0 Å². The first-order valence-electron chi connectivity index (χ1n) is 21.3. The van der Waals surface area contributed by atoms with Crippen molar-refractivity contribution < 1.29 is 37.4 Å². The molecule has 0 aliphatic carbocycles. The maximum absolute atomic E-state index is 14.9. The molecule has 4 aliphatic rings. The van der Waals surface area contributed by atoms with Crippen LogP contribution in [0.4, 0.5) is 20.7 Å². The Balaban J connectivity index is 0.000000162. The number of fused-ring (bicyclic) bond motifs is 6. The Morgan fingerprint density at radius 1 is 0.609 bits per heavy atom. The second kappa shape index (κ2) is 16.9. The van der Waals surface area contributed by atoms with E-state index in [1.807, 2.05) is 0 Å². The van der Waals surface area contributed by atoms with Gasteiger partial charge in [0.15, 0.2) is 11.5 Å². The van der Waals surface area contributed by atoms with Gasteiger partial charge in [-0.05, 0) is 74.9 Å². The number of alkyl halides is 2. The van der Waals surface area contributed by atoms with Gasteiger partial charge in [0.05, 0.1) is 24.5 Å². The van der Waals surface area contributed by atoms with Crippen LogP contribution >= 0.6 is 0 Å². The highest BCUT2D eigenvalue weighted by molar-refractivity contribution is 5.98. The van der Waals surface area contributed by atoms with Crippen LogP contribution in [-0.2, 0) is 0 Å². The first-order valence-corrected chi connectivity index (χ1v) is 21.3. The Morgan fingerprint density at radius 3 is 1.38 bits per heavy atom. The predicted molar refractivity (Wildman–Crippen MR) is 233 cm³/mol. The Hall–Kier alpha value is -6.54. The van der Waals surface area contributed by atoms with Gasteiger partial charge in [-0.15, -0.1) is 20.4 Å². The van der Waals surface area contributed by atoms with E-state index in [9.17, 15) is 28.6 Å². The maximum Gasteiger partial charge on any atom is 0.289 e. The molecule has 4 aliphatic heterocycles. The van der Waals surface area contributed by atoms with Crippen LogP contribution in [0.15, 0.2) is 57.6 Å². The number of aromatic nitrogens is 6. The number of carbonyl (C=O) groups is 2. The molecule has 0 spiro atoms. The third-order valence-electron chi connectivity index (χ3n) is 12.9. The summed E-state index contributed by atoms with van der Waals surface area (Å²) in [5.74, 6) is 0.428. The molecule has 0 unspecified atom stereocenters. The molecule has 20 heteroatoms. The van der Waals surface area contributed by atoms with Crippen molar-refractivity contribution in [1.82, 2.24) is 50.8 Å². The smallest absolute Gasteiger partial charge is 0.289 e. The summed E-state index contributed by atoms with van der Waals surface area (Å²) in [6.07, 6.45) is 6.09. The molecule has 64 heavy (non-hydrogen) atoms. The zero-order valence-electron chi connectivity index (χ0n) is 36.2. The number of phenols is 2. The zero-order valence-corrected chi connectivity index (χ0v) is 36.2. The highest BCUT2D eigenvalue weighted by Crippen LogP contribution is 2.38. The lowest BCUT2D eigenvalue weighted by molar-refractivity contribution is 0.0792. The Labute approximate surface area is 366 Å². The number of phenolic OH excluding ortho intramolecular Hbond substituents is 2. The Bertz CT molecular complexity index is 2510. The van der Waals surface area contributed by atoms with Crippen LogP contribution < -0.4 is 20.4 Å². The van der Waals surface area contributed by atoms with E-state index in [0.717, 1.165) is 25.7 Å². The molecule has 8 heterocycles. The summed E-state index contributed by atoms with van der Waals surface area (Å²) in [7, 11) is 10.1. The highest BCUT2D eigenvalue weighted by Gasteiger charge is 2.45. The monoisotopic (exact) mass is 880 g/mol. The number of nitrogens with one attached hydrogen (secondary N) is 2. The number of rotatable bonds is 8. The lowest BCUT2D eigenvalue weighted by Crippen LogP contribution is -2.55. The van der Waals surface area contributed by atoms with Gasteiger partial charge in [-0.1, -0.05) is 0 Å². The fraction of sp³-hybridized carbons (Fsp3) is 0.455. The van der Waals surface area contributed by atoms with Gasteiger partial charge in [0.25, 0.3) is 11.8 Å². The molecule has 4 fully saturated rings. The normalized spacial score (nSPS) is 24.6. The second-order valence-corrected chi connectivity index (χ2v) is 17.5. The third-order valence-corrected chi connectivity index (χ3v) is 12.9. The Morgan fingerprint density at radius 2 is 1.02 bits per heavy atom. The SMILES string of the molecule is CN(C)C(=O)c1cc2cc(O)c(-c3cnc(N(C)[C@@H]4C[C@H]5CC[C@H](N5)[C@@H]4F)nn3)cc2o1.CN(C)C(=O)c1cc2cc(O)c(-c3cnc(N(C)[C@H]4C[C@@H]5CC[C@@H](N5)[C@H]4F)nn3)cc2o1. The molecule has 6 aromatic rings. The molecule has 8 atom stereocenters. The summed E-state index contributed by atoms with van der Waals surface area (Å²) < 4.78 is 41.1. The van der Waals surface area contributed by atoms with Crippen molar-refractivity contribution in [2.24, 2.45) is 0 Å². The summed E-state index contributed by atoms with van der Waals surface area (Å²) in [4.78, 5) is 39.4. The second-order valence-electron chi connectivity index (χ2n) is 17.5. The number of anilines is 2. The number of hydrogen-bond donors (Lipinski definition) is 4. The van der Waals surface area contributed by atoms with E-state index in [1.165, 1.54) is 34.3 Å². The number of piperidine rings is 2. The molecule has 10 rings (SSSR count). The van der Waals surface area contributed by atoms with E-state index < -0.39 is 12.3 Å². The van der Waals surface area contributed by atoms with Gasteiger partial charge in [-0.25, -0.2) is 18.7 Å². The van der Waals surface area contributed by atoms with Crippen molar-refractivity contribution in [3.63, 3.8) is 0 Å². The molecule has 336 valence electrons. The van der Waals surface area contributed by atoms with Crippen molar-refractivity contribution in [3.05, 3.63) is 60.3 Å². The van der Waals surface area contributed by atoms with Gasteiger partial charge in [0.1, 0.15) is 46.4 Å². The van der Waals surface area contributed by atoms with E-state index in [1.54, 1.807) is 76.4 Å². The molecule has 2 aromatic carbocycles. The van der Waals surface area contributed by atoms with Crippen LogP contribution in [0.1, 0.15) is 59.6 Å². The number of furan rings is 2. The standard InChI is InChI=1S/2C22H25FN6O3/c2*1-28(2)21(31)19-7-11-6-17(30)13(9-18(11)32-19)15-10-24-22(27-26-15)29(3)16-8-12-4-5-14(25-12)20(16)23/h2*6-7,9-10,12,14,16,20,25,30H,4-5,8H2,1-3H3/t2*12-,14+,16-,20+/m10/s1. The summed E-state index contributed by atoms with van der Waals surface area (Å²) in [5.41, 5.74) is 2.34. The van der Waals surface area contributed by atoms with E-state index in [0.29, 0.717) is 81.3 Å². The number of benzene rings is 2. The van der Waals surface area contributed by atoms with Crippen molar-refractivity contribution in [2.75, 3.05) is 52.1 Å². The fourth-order valence-corrected chi connectivity index (χ4v) is 9.31. The van der Waals surface area contributed by atoms with Crippen LogP contribution in [-0.4, -0.2) is 153 Å². The van der Waals surface area contributed by atoms with Crippen molar-refractivity contribution in [1.29, 1.82) is 0 Å². The first kappa shape index (κ1) is 42.7. The lowest BCUT2D eigenvalue weighted by atomic mass is 9.97. The number of hydrogen-bond acceptors (Lipinski definition) is 16. The molecular weight excluding hydrogens is 831 g/mol. The van der Waals surface area contributed by atoms with Gasteiger partial charge in [-0.3, -0.25) is 9.59 Å². The van der Waals surface area contributed by atoms with Gasteiger partial charge < -0.3 is 49.3 Å². The average molecular weight is 881 g/mol. The minimum Gasteiger partial charge on any atom is -0.507 e. The third kappa shape index (κ3) is 7.99. The molecule has 0 radical (unpaired) electrons. The van der Waals surface area contributed by atoms with E-state index in [4.69, 9.17) is 8.83 Å². The Kier molecular flexibility index (Phi) is 11.3. The summed E-state index contributed by atoms with van der Waals surface area (Å²) in [6, 6.07) is 9.23. The number of nitrogens with zero attached hydrogens (tertiary/aromatic N) is 10. The van der Waals surface area contributed by atoms with Crippen LogP contribution in [0.25, 0.3) is 44.5 Å². The van der Waals surface area contributed by atoms with Crippen molar-refractivity contribution in [3.8, 4) is 34.0 Å². The zero-order chi connectivity index (χ0) is 45.1. The van der Waals surface area contributed by atoms with Gasteiger partial charge in [0, 0.05) is 88.4 Å². The van der Waals surface area contributed by atoms with Crippen molar-refractivity contribution in [2.45, 2.75) is 87.1 Å². The molecule has 4 bridgehead atoms. The quantitative estimate of drug-likeness (QED) is 0.163. The average Bonchev–Trinajstić information content (AvgIpc) is 4.10.